The van der Waals surface area contributed by atoms with Gasteiger partial charge in [0.1, 0.15) is 17.5 Å². The summed E-state index contributed by atoms with van der Waals surface area (Å²) in [4.78, 5) is 15.6. The van der Waals surface area contributed by atoms with Gasteiger partial charge in [0, 0.05) is 22.7 Å². The highest BCUT2D eigenvalue weighted by Gasteiger charge is 2.18. The first kappa shape index (κ1) is 17.4. The van der Waals surface area contributed by atoms with Crippen LogP contribution in [0.4, 0.5) is 0 Å². The molecule has 3 rings (SSSR count). The molecule has 3 aromatic rings. The third kappa shape index (κ3) is 3.47. The molecule has 26 heavy (non-hydrogen) atoms. The average Bonchev–Trinajstić information content (AvgIpc) is 3.07. The smallest absolute Gasteiger partial charge is 0.225 e. The van der Waals surface area contributed by atoms with Gasteiger partial charge < -0.3 is 19.8 Å². The van der Waals surface area contributed by atoms with Crippen LogP contribution in [-0.2, 0) is 11.2 Å². The molecule has 6 heteroatoms. The number of aromatic amines is 1. The Morgan fingerprint density at radius 3 is 2.77 bits per heavy atom. The third-order valence-corrected chi connectivity index (χ3v) is 4.21. The van der Waals surface area contributed by atoms with E-state index in [2.05, 4.69) is 16.4 Å². The highest BCUT2D eigenvalue weighted by Crippen LogP contribution is 2.26. The molecule has 0 fully saturated rings. The second-order valence-electron chi connectivity index (χ2n) is 5.77. The fourth-order valence-corrected chi connectivity index (χ4v) is 2.90. The number of hydrogen-bond donors (Lipinski definition) is 2. The van der Waals surface area contributed by atoms with Crippen LogP contribution in [0.2, 0.25) is 0 Å². The van der Waals surface area contributed by atoms with Crippen LogP contribution in [0.15, 0.2) is 48.7 Å². The van der Waals surface area contributed by atoms with Crippen LogP contribution in [0.1, 0.15) is 17.2 Å². The van der Waals surface area contributed by atoms with E-state index in [0.717, 1.165) is 22.2 Å². The van der Waals surface area contributed by atoms with E-state index in [1.165, 1.54) is 7.11 Å². The summed E-state index contributed by atoms with van der Waals surface area (Å²) in [5, 5.41) is 13.2. The lowest BCUT2D eigenvalue weighted by Crippen LogP contribution is -2.29. The highest BCUT2D eigenvalue weighted by atomic mass is 16.5. The number of nitriles is 1. The van der Waals surface area contributed by atoms with Crippen molar-refractivity contribution in [3.63, 3.8) is 0 Å². The summed E-state index contributed by atoms with van der Waals surface area (Å²) < 4.78 is 10.5. The molecule has 2 aromatic carbocycles. The van der Waals surface area contributed by atoms with Crippen molar-refractivity contribution in [3.8, 4) is 17.6 Å². The normalized spacial score (nSPS) is 11.6. The van der Waals surface area contributed by atoms with Gasteiger partial charge in [-0.3, -0.25) is 4.79 Å². The van der Waals surface area contributed by atoms with E-state index in [4.69, 9.17) is 9.47 Å². The minimum absolute atomic E-state index is 0.153. The zero-order chi connectivity index (χ0) is 18.5. The van der Waals surface area contributed by atoms with Crippen molar-refractivity contribution in [1.82, 2.24) is 10.3 Å². The van der Waals surface area contributed by atoms with Crippen molar-refractivity contribution in [1.29, 1.82) is 5.26 Å². The molecule has 1 unspecified atom stereocenters. The molecule has 0 aliphatic heterocycles. The van der Waals surface area contributed by atoms with Gasteiger partial charge in [-0.1, -0.05) is 18.2 Å². The Kier molecular flexibility index (Phi) is 5.09. The Hall–Kier alpha value is -3.46. The van der Waals surface area contributed by atoms with E-state index in [1.54, 1.807) is 31.5 Å². The molecule has 0 saturated heterocycles. The SMILES string of the molecule is COc1ccc2[nH]cc(CC(=O)NC(C#N)c3ccccc3OC)c2c1. The number of carbonyl (C=O) groups is 1. The van der Waals surface area contributed by atoms with Gasteiger partial charge in [0.25, 0.3) is 0 Å². The summed E-state index contributed by atoms with van der Waals surface area (Å²) in [6.45, 7) is 0. The van der Waals surface area contributed by atoms with Gasteiger partial charge in [-0.2, -0.15) is 5.26 Å². The minimum atomic E-state index is -0.779. The summed E-state index contributed by atoms with van der Waals surface area (Å²) in [5.74, 6) is 1.05. The second-order valence-corrected chi connectivity index (χ2v) is 5.77. The molecule has 0 spiro atoms. The molecule has 0 aliphatic rings. The van der Waals surface area contributed by atoms with E-state index in [9.17, 15) is 10.1 Å². The topological polar surface area (TPSA) is 87.1 Å². The van der Waals surface area contributed by atoms with E-state index in [0.29, 0.717) is 11.3 Å². The van der Waals surface area contributed by atoms with Crippen molar-refractivity contribution in [2.75, 3.05) is 14.2 Å². The third-order valence-electron chi connectivity index (χ3n) is 4.21. The zero-order valence-electron chi connectivity index (χ0n) is 14.6. The molecule has 1 aromatic heterocycles. The zero-order valence-corrected chi connectivity index (χ0v) is 14.6. The van der Waals surface area contributed by atoms with Crippen LogP contribution in [-0.4, -0.2) is 25.1 Å². The molecule has 2 N–H and O–H groups in total. The molecule has 0 bridgehead atoms. The van der Waals surface area contributed by atoms with Crippen LogP contribution in [0, 0.1) is 11.3 Å². The first-order valence-electron chi connectivity index (χ1n) is 8.12. The monoisotopic (exact) mass is 349 g/mol. The summed E-state index contributed by atoms with van der Waals surface area (Å²) >= 11 is 0. The first-order valence-corrected chi connectivity index (χ1v) is 8.12. The Morgan fingerprint density at radius 1 is 1.23 bits per heavy atom. The number of benzene rings is 2. The molecule has 0 radical (unpaired) electrons. The van der Waals surface area contributed by atoms with Gasteiger partial charge in [-0.05, 0) is 29.8 Å². The van der Waals surface area contributed by atoms with E-state index in [1.807, 2.05) is 24.3 Å². The maximum absolute atomic E-state index is 12.5. The van der Waals surface area contributed by atoms with E-state index >= 15 is 0 Å². The van der Waals surface area contributed by atoms with Crippen molar-refractivity contribution in [3.05, 3.63) is 59.8 Å². The van der Waals surface area contributed by atoms with Crippen molar-refractivity contribution in [2.45, 2.75) is 12.5 Å². The fraction of sp³-hybridized carbons (Fsp3) is 0.200. The van der Waals surface area contributed by atoms with Crippen LogP contribution in [0.3, 0.4) is 0 Å². The number of carbonyl (C=O) groups excluding carboxylic acids is 1. The number of ether oxygens (including phenoxy) is 2. The molecule has 1 amide bonds. The summed E-state index contributed by atoms with van der Waals surface area (Å²) in [5.41, 5.74) is 2.40. The molecular formula is C20H19N3O3. The Labute approximate surface area is 151 Å². The van der Waals surface area contributed by atoms with Crippen LogP contribution in [0.25, 0.3) is 10.9 Å². The number of nitrogens with one attached hydrogen (secondary N) is 2. The lowest BCUT2D eigenvalue weighted by Gasteiger charge is -2.15. The first-order chi connectivity index (χ1) is 12.7. The number of fused-ring (bicyclic) bond motifs is 1. The number of rotatable bonds is 6. The van der Waals surface area contributed by atoms with Gasteiger partial charge in [-0.15, -0.1) is 0 Å². The predicted octanol–water partition coefficient (Wildman–Crippen LogP) is 3.11. The van der Waals surface area contributed by atoms with Gasteiger partial charge in [0.15, 0.2) is 0 Å². The van der Waals surface area contributed by atoms with Crippen molar-refractivity contribution in [2.24, 2.45) is 0 Å². The summed E-state index contributed by atoms with van der Waals surface area (Å²) in [6, 6.07) is 14.1. The van der Waals surface area contributed by atoms with Crippen molar-refractivity contribution >= 4 is 16.8 Å². The van der Waals surface area contributed by atoms with E-state index < -0.39 is 6.04 Å². The van der Waals surface area contributed by atoms with Gasteiger partial charge in [-0.25, -0.2) is 0 Å². The van der Waals surface area contributed by atoms with Gasteiger partial charge in [0.05, 0.1) is 26.7 Å². The number of H-pyrrole nitrogens is 1. The maximum Gasteiger partial charge on any atom is 0.225 e. The van der Waals surface area contributed by atoms with Gasteiger partial charge in [0.2, 0.25) is 5.91 Å². The van der Waals surface area contributed by atoms with Crippen molar-refractivity contribution < 1.29 is 14.3 Å². The molecule has 1 atom stereocenters. The van der Waals surface area contributed by atoms with E-state index in [-0.39, 0.29) is 12.3 Å². The molecule has 6 nitrogen and oxygen atoms in total. The van der Waals surface area contributed by atoms with Crippen LogP contribution < -0.4 is 14.8 Å². The number of nitrogens with zero attached hydrogens (tertiary/aromatic N) is 1. The predicted molar refractivity (Wildman–Crippen MR) is 98.0 cm³/mol. The molecule has 132 valence electrons. The fourth-order valence-electron chi connectivity index (χ4n) is 2.90. The van der Waals surface area contributed by atoms with Crippen LogP contribution >= 0.6 is 0 Å². The molecule has 1 heterocycles. The lowest BCUT2D eigenvalue weighted by molar-refractivity contribution is -0.120. The number of methoxy groups -OCH3 is 2. The highest BCUT2D eigenvalue weighted by molar-refractivity contribution is 5.90. The number of amides is 1. The lowest BCUT2D eigenvalue weighted by atomic mass is 10.1. The minimum Gasteiger partial charge on any atom is -0.497 e. The quantitative estimate of drug-likeness (QED) is 0.716. The molecule has 0 aliphatic carbocycles. The summed E-state index contributed by atoms with van der Waals surface area (Å²) in [7, 11) is 3.14. The number of hydrogen-bond acceptors (Lipinski definition) is 4. The largest absolute Gasteiger partial charge is 0.497 e. The second kappa shape index (κ2) is 7.62. The Bertz CT molecular complexity index is 972. The number of aromatic nitrogens is 1. The average molecular weight is 349 g/mol. The standard InChI is InChI=1S/C20H19N3O3/c1-25-14-7-8-17-16(10-14)13(12-22-17)9-20(24)23-18(11-21)15-5-3-4-6-19(15)26-2/h3-8,10,12,18,22H,9H2,1-2H3,(H,23,24). The van der Waals surface area contributed by atoms with Crippen LogP contribution in [0.5, 0.6) is 11.5 Å². The maximum atomic E-state index is 12.5. The Balaban J connectivity index is 1.79. The number of para-hydroxylation sites is 1. The van der Waals surface area contributed by atoms with Gasteiger partial charge >= 0.3 is 0 Å². The molecule has 0 saturated carbocycles. The molecular weight excluding hydrogens is 330 g/mol. The Morgan fingerprint density at radius 2 is 2.04 bits per heavy atom. The summed E-state index contributed by atoms with van der Waals surface area (Å²) in [6.07, 6.45) is 1.95.